The van der Waals surface area contributed by atoms with Crippen molar-refractivity contribution in [2.45, 2.75) is 20.3 Å². The Morgan fingerprint density at radius 3 is 2.50 bits per heavy atom. The van der Waals surface area contributed by atoms with Crippen LogP contribution in [0.1, 0.15) is 35.3 Å². The summed E-state index contributed by atoms with van der Waals surface area (Å²) < 4.78 is 26.8. The predicted molar refractivity (Wildman–Crippen MR) is 74.8 cm³/mol. The number of ketones is 1. The number of benzene rings is 2. The molecule has 0 bridgehead atoms. The molecule has 0 aliphatic rings. The molecule has 0 unspecified atom stereocenters. The molecular weight excluding hydrogens is 258 g/mol. The van der Waals surface area contributed by atoms with Gasteiger partial charge in [0.15, 0.2) is 17.4 Å². The van der Waals surface area contributed by atoms with Crippen LogP contribution in [-0.4, -0.2) is 5.78 Å². The van der Waals surface area contributed by atoms with E-state index in [1.165, 1.54) is 12.1 Å². The van der Waals surface area contributed by atoms with E-state index in [1.54, 1.807) is 18.2 Å². The summed E-state index contributed by atoms with van der Waals surface area (Å²) in [5.41, 5.74) is 1.17. The van der Waals surface area contributed by atoms with Gasteiger partial charge in [0, 0.05) is 5.56 Å². The molecule has 0 amide bonds. The zero-order valence-corrected chi connectivity index (χ0v) is 11.5. The molecule has 2 rings (SSSR count). The molecule has 1 nitrogen and oxygen atoms in total. The summed E-state index contributed by atoms with van der Waals surface area (Å²) in [4.78, 5) is 12.3. The lowest BCUT2D eigenvalue weighted by molar-refractivity contribution is 0.103. The normalized spacial score (nSPS) is 10.8. The first-order chi connectivity index (χ1) is 9.49. The molecule has 0 saturated heterocycles. The number of halogens is 2. The number of carbonyl (C=O) groups is 1. The van der Waals surface area contributed by atoms with Crippen LogP contribution in [0.4, 0.5) is 8.78 Å². The number of hydrogen-bond donors (Lipinski definition) is 0. The maximum absolute atomic E-state index is 13.7. The van der Waals surface area contributed by atoms with Crippen LogP contribution in [0.25, 0.3) is 0 Å². The van der Waals surface area contributed by atoms with Crippen LogP contribution in [0.5, 0.6) is 0 Å². The van der Waals surface area contributed by atoms with Crippen LogP contribution in [0.3, 0.4) is 0 Å². The van der Waals surface area contributed by atoms with Crippen molar-refractivity contribution >= 4 is 5.78 Å². The van der Waals surface area contributed by atoms with Crippen molar-refractivity contribution in [1.82, 2.24) is 0 Å². The third kappa shape index (κ3) is 3.10. The molecule has 0 aliphatic heterocycles. The Balaban J connectivity index is 2.36. The Morgan fingerprint density at radius 2 is 1.80 bits per heavy atom. The van der Waals surface area contributed by atoms with Crippen LogP contribution in [-0.2, 0) is 6.42 Å². The lowest BCUT2D eigenvalue weighted by Gasteiger charge is -2.08. The van der Waals surface area contributed by atoms with Gasteiger partial charge in [-0.1, -0.05) is 38.1 Å². The summed E-state index contributed by atoms with van der Waals surface area (Å²) in [6.07, 6.45) is 0.840. The topological polar surface area (TPSA) is 17.1 Å². The molecule has 0 aliphatic carbocycles. The highest BCUT2D eigenvalue weighted by Crippen LogP contribution is 2.18. The Morgan fingerprint density at radius 1 is 1.10 bits per heavy atom. The van der Waals surface area contributed by atoms with Crippen molar-refractivity contribution in [3.8, 4) is 0 Å². The van der Waals surface area contributed by atoms with Crippen molar-refractivity contribution in [2.24, 2.45) is 5.92 Å². The quantitative estimate of drug-likeness (QED) is 0.755. The van der Waals surface area contributed by atoms with Gasteiger partial charge in [-0.25, -0.2) is 8.78 Å². The number of rotatable bonds is 4. The van der Waals surface area contributed by atoms with Crippen molar-refractivity contribution in [3.63, 3.8) is 0 Å². The fourth-order valence-corrected chi connectivity index (χ4v) is 2.15. The van der Waals surface area contributed by atoms with E-state index in [4.69, 9.17) is 0 Å². The average molecular weight is 274 g/mol. The smallest absolute Gasteiger partial charge is 0.196 e. The minimum Gasteiger partial charge on any atom is -0.288 e. The first-order valence-corrected chi connectivity index (χ1v) is 6.56. The highest BCUT2D eigenvalue weighted by atomic mass is 19.2. The van der Waals surface area contributed by atoms with Gasteiger partial charge in [-0.05, 0) is 36.1 Å². The Bertz CT molecular complexity index is 633. The van der Waals surface area contributed by atoms with Crippen molar-refractivity contribution in [2.75, 3.05) is 0 Å². The Hall–Kier alpha value is -2.03. The van der Waals surface area contributed by atoms with Gasteiger partial charge >= 0.3 is 0 Å². The molecule has 0 aromatic heterocycles. The highest BCUT2D eigenvalue weighted by molar-refractivity contribution is 6.09. The van der Waals surface area contributed by atoms with Gasteiger partial charge in [0.2, 0.25) is 0 Å². The van der Waals surface area contributed by atoms with Crippen LogP contribution >= 0.6 is 0 Å². The van der Waals surface area contributed by atoms with Crippen molar-refractivity contribution < 1.29 is 13.6 Å². The predicted octanol–water partition coefficient (Wildman–Crippen LogP) is 4.39. The Labute approximate surface area is 117 Å². The molecule has 0 atom stereocenters. The van der Waals surface area contributed by atoms with Crippen molar-refractivity contribution in [1.29, 1.82) is 0 Å². The van der Waals surface area contributed by atoms with Gasteiger partial charge in [0.25, 0.3) is 0 Å². The molecule has 0 saturated carbocycles. The largest absolute Gasteiger partial charge is 0.288 e. The monoisotopic (exact) mass is 274 g/mol. The molecule has 0 fully saturated rings. The van der Waals surface area contributed by atoms with Gasteiger partial charge in [-0.15, -0.1) is 0 Å². The maximum Gasteiger partial charge on any atom is 0.196 e. The fourth-order valence-electron chi connectivity index (χ4n) is 2.15. The molecular formula is C17H16F2O. The van der Waals surface area contributed by atoms with Crippen LogP contribution in [0.15, 0.2) is 42.5 Å². The summed E-state index contributed by atoms with van der Waals surface area (Å²) in [5.74, 6) is -2.13. The van der Waals surface area contributed by atoms with Crippen LogP contribution in [0, 0.1) is 17.6 Å². The van der Waals surface area contributed by atoms with E-state index in [2.05, 4.69) is 13.8 Å². The van der Waals surface area contributed by atoms with E-state index in [1.807, 2.05) is 6.07 Å². The SMILES string of the molecule is CC(C)Cc1cccc(C(=O)c2cccc(F)c2F)c1. The van der Waals surface area contributed by atoms with Crippen LogP contribution in [0.2, 0.25) is 0 Å². The molecule has 3 heteroatoms. The van der Waals surface area contributed by atoms with E-state index in [0.29, 0.717) is 11.5 Å². The van der Waals surface area contributed by atoms with E-state index in [0.717, 1.165) is 18.1 Å². The molecule has 2 aromatic rings. The second-order valence-corrected chi connectivity index (χ2v) is 5.23. The van der Waals surface area contributed by atoms with E-state index >= 15 is 0 Å². The third-order valence-corrected chi connectivity index (χ3v) is 3.03. The van der Waals surface area contributed by atoms with E-state index < -0.39 is 17.4 Å². The molecule has 2 aromatic carbocycles. The summed E-state index contributed by atoms with van der Waals surface area (Å²) >= 11 is 0. The molecule has 0 spiro atoms. The van der Waals surface area contributed by atoms with Crippen LogP contribution < -0.4 is 0 Å². The summed E-state index contributed by atoms with van der Waals surface area (Å²) in [6.45, 7) is 4.17. The zero-order valence-electron chi connectivity index (χ0n) is 11.5. The zero-order chi connectivity index (χ0) is 14.7. The second kappa shape index (κ2) is 5.95. The lowest BCUT2D eigenvalue weighted by Crippen LogP contribution is -2.06. The first-order valence-electron chi connectivity index (χ1n) is 6.56. The van der Waals surface area contributed by atoms with Gasteiger partial charge < -0.3 is 0 Å². The molecule has 0 N–H and O–H groups in total. The number of hydrogen-bond acceptors (Lipinski definition) is 1. The van der Waals surface area contributed by atoms with E-state index in [9.17, 15) is 13.6 Å². The first kappa shape index (κ1) is 14.4. The molecule has 0 heterocycles. The minimum atomic E-state index is -1.09. The lowest BCUT2D eigenvalue weighted by atomic mass is 9.97. The average Bonchev–Trinajstić information content (AvgIpc) is 2.41. The van der Waals surface area contributed by atoms with Crippen molar-refractivity contribution in [3.05, 3.63) is 70.8 Å². The molecule has 0 radical (unpaired) electrons. The van der Waals surface area contributed by atoms with Gasteiger partial charge in [-0.2, -0.15) is 0 Å². The second-order valence-electron chi connectivity index (χ2n) is 5.23. The maximum atomic E-state index is 13.7. The van der Waals surface area contributed by atoms with Gasteiger partial charge in [0.05, 0.1) is 5.56 Å². The highest BCUT2D eigenvalue weighted by Gasteiger charge is 2.17. The standard InChI is InChI=1S/C17H16F2O/c1-11(2)9-12-5-3-6-13(10-12)17(20)14-7-4-8-15(18)16(14)19/h3-8,10-11H,9H2,1-2H3. The fraction of sp³-hybridized carbons (Fsp3) is 0.235. The van der Waals surface area contributed by atoms with Gasteiger partial charge in [-0.3, -0.25) is 4.79 Å². The number of carbonyl (C=O) groups excluding carboxylic acids is 1. The molecule has 20 heavy (non-hydrogen) atoms. The van der Waals surface area contributed by atoms with E-state index in [-0.39, 0.29) is 5.56 Å². The minimum absolute atomic E-state index is 0.230. The van der Waals surface area contributed by atoms with Gasteiger partial charge in [0.1, 0.15) is 0 Å². The third-order valence-electron chi connectivity index (χ3n) is 3.03. The summed E-state index contributed by atoms with van der Waals surface area (Å²) in [5, 5.41) is 0. The summed E-state index contributed by atoms with van der Waals surface area (Å²) in [6, 6.07) is 10.7. The summed E-state index contributed by atoms with van der Waals surface area (Å²) in [7, 11) is 0. The molecule has 104 valence electrons. The Kier molecular flexibility index (Phi) is 4.28.